The molecule has 1 saturated carbocycles. The number of nitrogens with zero attached hydrogens (tertiary/aromatic N) is 1. The normalized spacial score (nSPS) is 28.1. The second kappa shape index (κ2) is 5.14. The lowest BCUT2D eigenvalue weighted by atomic mass is 9.77. The number of aromatic nitrogens is 1. The molecule has 0 radical (unpaired) electrons. The largest absolute Gasteiger partial charge is 0.396 e. The van der Waals surface area contributed by atoms with Gasteiger partial charge in [-0.05, 0) is 50.7 Å². The predicted molar refractivity (Wildman–Crippen MR) is 74.5 cm³/mol. The maximum Gasteiger partial charge on any atom is 0.149 e. The standard InChI is InChI=1S/C14H23N3O/c1-10-5-7-14(9-18,8-6-10)17-13-12(15)4-3-11(2)16-13/h3-4,10,18H,5-9,15H2,1-2H3,(H,16,17). The van der Waals surface area contributed by atoms with Crippen molar-refractivity contribution < 1.29 is 5.11 Å². The molecule has 0 atom stereocenters. The van der Waals surface area contributed by atoms with Gasteiger partial charge in [-0.15, -0.1) is 0 Å². The first kappa shape index (κ1) is 13.1. The molecule has 0 unspecified atom stereocenters. The fourth-order valence-electron chi connectivity index (χ4n) is 2.56. The van der Waals surface area contributed by atoms with E-state index in [0.29, 0.717) is 11.5 Å². The van der Waals surface area contributed by atoms with Crippen molar-refractivity contribution >= 4 is 11.5 Å². The van der Waals surface area contributed by atoms with Gasteiger partial charge in [-0.1, -0.05) is 6.92 Å². The van der Waals surface area contributed by atoms with Crippen LogP contribution in [0.2, 0.25) is 0 Å². The van der Waals surface area contributed by atoms with Gasteiger partial charge in [0, 0.05) is 5.69 Å². The summed E-state index contributed by atoms with van der Waals surface area (Å²) >= 11 is 0. The van der Waals surface area contributed by atoms with Gasteiger partial charge in [-0.25, -0.2) is 4.98 Å². The molecule has 1 aromatic heterocycles. The van der Waals surface area contributed by atoms with Crippen molar-refractivity contribution in [3.8, 4) is 0 Å². The van der Waals surface area contributed by atoms with Crippen molar-refractivity contribution in [3.05, 3.63) is 17.8 Å². The van der Waals surface area contributed by atoms with Crippen LogP contribution in [0.5, 0.6) is 0 Å². The Kier molecular flexibility index (Phi) is 3.76. The third kappa shape index (κ3) is 2.75. The quantitative estimate of drug-likeness (QED) is 0.769. The summed E-state index contributed by atoms with van der Waals surface area (Å²) in [6.07, 6.45) is 4.22. The van der Waals surface area contributed by atoms with Crippen LogP contribution in [0.1, 0.15) is 38.3 Å². The lowest BCUT2D eigenvalue weighted by Crippen LogP contribution is -2.45. The maximum absolute atomic E-state index is 9.72. The first-order valence-electron chi connectivity index (χ1n) is 6.67. The van der Waals surface area contributed by atoms with Gasteiger partial charge in [0.2, 0.25) is 0 Å². The fourth-order valence-corrected chi connectivity index (χ4v) is 2.56. The number of hydrogen-bond donors (Lipinski definition) is 3. The Morgan fingerprint density at radius 3 is 2.72 bits per heavy atom. The van der Waals surface area contributed by atoms with Gasteiger partial charge >= 0.3 is 0 Å². The Balaban J connectivity index is 2.17. The highest BCUT2D eigenvalue weighted by molar-refractivity contribution is 5.62. The molecule has 0 saturated heterocycles. The van der Waals surface area contributed by atoms with Gasteiger partial charge in [0.05, 0.1) is 17.8 Å². The van der Waals surface area contributed by atoms with E-state index in [1.54, 1.807) is 0 Å². The van der Waals surface area contributed by atoms with Crippen molar-refractivity contribution in [2.24, 2.45) is 5.92 Å². The van der Waals surface area contributed by atoms with Crippen molar-refractivity contribution in [1.82, 2.24) is 4.98 Å². The number of nitrogens with one attached hydrogen (secondary N) is 1. The Morgan fingerprint density at radius 2 is 2.11 bits per heavy atom. The van der Waals surface area contributed by atoms with Crippen LogP contribution in [0.15, 0.2) is 12.1 Å². The second-order valence-electron chi connectivity index (χ2n) is 5.64. The fraction of sp³-hybridized carbons (Fsp3) is 0.643. The molecule has 0 bridgehead atoms. The number of aliphatic hydroxyl groups excluding tert-OH is 1. The van der Waals surface area contributed by atoms with Crippen LogP contribution in [-0.2, 0) is 0 Å². The van der Waals surface area contributed by atoms with E-state index in [4.69, 9.17) is 5.73 Å². The molecule has 0 aliphatic heterocycles. The van der Waals surface area contributed by atoms with E-state index in [9.17, 15) is 5.11 Å². The molecular weight excluding hydrogens is 226 g/mol. The van der Waals surface area contributed by atoms with Gasteiger partial charge in [0.15, 0.2) is 0 Å². The van der Waals surface area contributed by atoms with E-state index in [1.807, 2.05) is 19.1 Å². The number of anilines is 2. The summed E-state index contributed by atoms with van der Waals surface area (Å²) in [4.78, 5) is 4.43. The van der Waals surface area contributed by atoms with Crippen LogP contribution in [0.3, 0.4) is 0 Å². The second-order valence-corrected chi connectivity index (χ2v) is 5.64. The molecule has 2 rings (SSSR count). The van der Waals surface area contributed by atoms with E-state index < -0.39 is 0 Å². The minimum Gasteiger partial charge on any atom is -0.396 e. The highest BCUT2D eigenvalue weighted by Gasteiger charge is 2.34. The van der Waals surface area contributed by atoms with Gasteiger partial charge in [-0.3, -0.25) is 0 Å². The van der Waals surface area contributed by atoms with E-state index >= 15 is 0 Å². The van der Waals surface area contributed by atoms with E-state index in [2.05, 4.69) is 17.2 Å². The number of aryl methyl sites for hydroxylation is 1. The summed E-state index contributed by atoms with van der Waals surface area (Å²) in [7, 11) is 0. The SMILES string of the molecule is Cc1ccc(N)c(NC2(CO)CCC(C)CC2)n1. The molecule has 1 aliphatic rings. The van der Waals surface area contributed by atoms with E-state index in [0.717, 1.165) is 37.3 Å². The summed E-state index contributed by atoms with van der Waals surface area (Å²) in [5.74, 6) is 1.45. The molecule has 4 heteroatoms. The molecule has 1 aromatic rings. The van der Waals surface area contributed by atoms with Crippen LogP contribution in [-0.4, -0.2) is 22.2 Å². The average Bonchev–Trinajstić information content (AvgIpc) is 2.37. The number of aliphatic hydroxyl groups is 1. The van der Waals surface area contributed by atoms with Crippen LogP contribution in [0.4, 0.5) is 11.5 Å². The van der Waals surface area contributed by atoms with Crippen molar-refractivity contribution in [2.45, 2.75) is 45.1 Å². The molecule has 0 spiro atoms. The molecule has 1 heterocycles. The highest BCUT2D eigenvalue weighted by Crippen LogP contribution is 2.35. The van der Waals surface area contributed by atoms with Crippen LogP contribution < -0.4 is 11.1 Å². The van der Waals surface area contributed by atoms with Crippen LogP contribution in [0.25, 0.3) is 0 Å². The average molecular weight is 249 g/mol. The minimum absolute atomic E-state index is 0.134. The van der Waals surface area contributed by atoms with Crippen LogP contribution in [0, 0.1) is 12.8 Å². The maximum atomic E-state index is 9.72. The molecule has 4 nitrogen and oxygen atoms in total. The summed E-state index contributed by atoms with van der Waals surface area (Å²) in [5.41, 5.74) is 7.27. The summed E-state index contributed by atoms with van der Waals surface area (Å²) in [6.45, 7) is 4.34. The molecule has 4 N–H and O–H groups in total. The Morgan fingerprint density at radius 1 is 1.44 bits per heavy atom. The highest BCUT2D eigenvalue weighted by atomic mass is 16.3. The number of pyridine rings is 1. The van der Waals surface area contributed by atoms with Gasteiger partial charge in [0.25, 0.3) is 0 Å². The van der Waals surface area contributed by atoms with Crippen molar-refractivity contribution in [3.63, 3.8) is 0 Å². The van der Waals surface area contributed by atoms with Crippen molar-refractivity contribution in [1.29, 1.82) is 0 Å². The third-order valence-electron chi connectivity index (χ3n) is 3.98. The van der Waals surface area contributed by atoms with Gasteiger partial charge in [-0.2, -0.15) is 0 Å². The molecule has 100 valence electrons. The number of nitrogen functional groups attached to an aromatic ring is 1. The molecular formula is C14H23N3O. The molecule has 0 aromatic carbocycles. The van der Waals surface area contributed by atoms with Crippen molar-refractivity contribution in [2.75, 3.05) is 17.7 Å². The predicted octanol–water partition coefficient (Wildman–Crippen LogP) is 2.33. The molecule has 1 aliphatic carbocycles. The molecule has 18 heavy (non-hydrogen) atoms. The Hall–Kier alpha value is -1.29. The third-order valence-corrected chi connectivity index (χ3v) is 3.98. The van der Waals surface area contributed by atoms with Gasteiger partial charge in [0.1, 0.15) is 5.82 Å². The monoisotopic (exact) mass is 249 g/mol. The zero-order valence-corrected chi connectivity index (χ0v) is 11.2. The zero-order valence-electron chi connectivity index (χ0n) is 11.2. The number of nitrogens with two attached hydrogens (primary N) is 1. The number of hydrogen-bond acceptors (Lipinski definition) is 4. The molecule has 0 amide bonds. The summed E-state index contributed by atoms with van der Waals surface area (Å²) < 4.78 is 0. The topological polar surface area (TPSA) is 71.2 Å². The minimum atomic E-state index is -0.249. The van der Waals surface area contributed by atoms with E-state index in [-0.39, 0.29) is 12.1 Å². The summed E-state index contributed by atoms with van der Waals surface area (Å²) in [5, 5.41) is 13.1. The van der Waals surface area contributed by atoms with Crippen LogP contribution >= 0.6 is 0 Å². The zero-order chi connectivity index (χ0) is 13.2. The molecule has 1 fully saturated rings. The first-order chi connectivity index (χ1) is 8.54. The lowest BCUT2D eigenvalue weighted by molar-refractivity contribution is 0.155. The first-order valence-corrected chi connectivity index (χ1v) is 6.67. The Bertz CT molecular complexity index is 412. The smallest absolute Gasteiger partial charge is 0.149 e. The number of rotatable bonds is 3. The van der Waals surface area contributed by atoms with Gasteiger partial charge < -0.3 is 16.2 Å². The van der Waals surface area contributed by atoms with E-state index in [1.165, 1.54) is 0 Å². The Labute approximate surface area is 109 Å². The summed E-state index contributed by atoms with van der Waals surface area (Å²) in [6, 6.07) is 3.76. The lowest BCUT2D eigenvalue weighted by Gasteiger charge is -2.39.